The fourth-order valence-electron chi connectivity index (χ4n) is 3.09. The van der Waals surface area contributed by atoms with Crippen molar-refractivity contribution in [2.45, 2.75) is 19.8 Å². The molecule has 0 aromatic heterocycles. The summed E-state index contributed by atoms with van der Waals surface area (Å²) in [6.45, 7) is 2.08. The van der Waals surface area contributed by atoms with E-state index in [0.717, 1.165) is 29.7 Å². The molecule has 1 aliphatic carbocycles. The number of allylic oxidation sites excluding steroid dienone is 1. The first kappa shape index (κ1) is 15.3. The minimum absolute atomic E-state index is 0.302. The van der Waals surface area contributed by atoms with Crippen molar-refractivity contribution in [3.8, 4) is 5.75 Å². The Labute approximate surface area is 136 Å². The van der Waals surface area contributed by atoms with E-state index >= 15 is 0 Å². The van der Waals surface area contributed by atoms with Crippen molar-refractivity contribution in [1.82, 2.24) is 0 Å². The van der Waals surface area contributed by atoms with Crippen LogP contribution in [0.3, 0.4) is 0 Å². The van der Waals surface area contributed by atoms with E-state index in [9.17, 15) is 4.79 Å². The van der Waals surface area contributed by atoms with Crippen molar-refractivity contribution in [1.29, 1.82) is 0 Å². The SMILES string of the molecule is COC(=O)c1ccc2c(c1)C(c1ccc(OC)cc1C)=CCC2. The molecule has 0 saturated carbocycles. The highest BCUT2D eigenvalue weighted by Crippen LogP contribution is 2.35. The Kier molecular flexibility index (Phi) is 4.20. The van der Waals surface area contributed by atoms with Crippen molar-refractivity contribution < 1.29 is 14.3 Å². The zero-order valence-corrected chi connectivity index (χ0v) is 13.7. The van der Waals surface area contributed by atoms with Gasteiger partial charge in [-0.15, -0.1) is 0 Å². The lowest BCUT2D eigenvalue weighted by atomic mass is 9.84. The fourth-order valence-corrected chi connectivity index (χ4v) is 3.09. The largest absolute Gasteiger partial charge is 0.497 e. The molecule has 3 nitrogen and oxygen atoms in total. The molecule has 0 unspecified atom stereocenters. The molecule has 23 heavy (non-hydrogen) atoms. The molecule has 118 valence electrons. The maximum absolute atomic E-state index is 11.8. The van der Waals surface area contributed by atoms with Crippen LogP contribution in [0, 0.1) is 6.92 Å². The van der Waals surface area contributed by atoms with Crippen LogP contribution in [0.15, 0.2) is 42.5 Å². The van der Waals surface area contributed by atoms with E-state index in [2.05, 4.69) is 19.1 Å². The van der Waals surface area contributed by atoms with Crippen LogP contribution in [-0.2, 0) is 11.2 Å². The van der Waals surface area contributed by atoms with Gasteiger partial charge >= 0.3 is 5.97 Å². The summed E-state index contributed by atoms with van der Waals surface area (Å²) in [6.07, 6.45) is 4.25. The summed E-state index contributed by atoms with van der Waals surface area (Å²) >= 11 is 0. The lowest BCUT2D eigenvalue weighted by Crippen LogP contribution is -2.07. The van der Waals surface area contributed by atoms with E-state index in [1.165, 1.54) is 23.8 Å². The molecule has 1 aliphatic rings. The number of aryl methyl sites for hydroxylation is 2. The summed E-state index contributed by atoms with van der Waals surface area (Å²) in [5, 5.41) is 0. The lowest BCUT2D eigenvalue weighted by molar-refractivity contribution is 0.0600. The van der Waals surface area contributed by atoms with Crippen molar-refractivity contribution >= 4 is 11.5 Å². The average Bonchev–Trinajstić information content (AvgIpc) is 2.60. The predicted octanol–water partition coefficient (Wildman–Crippen LogP) is 4.17. The second-order valence-electron chi connectivity index (χ2n) is 5.70. The molecular formula is C20H20O3. The monoisotopic (exact) mass is 308 g/mol. The molecule has 2 aromatic rings. The number of methoxy groups -OCH3 is 2. The minimum Gasteiger partial charge on any atom is -0.497 e. The third kappa shape index (κ3) is 2.87. The van der Waals surface area contributed by atoms with Gasteiger partial charge < -0.3 is 9.47 Å². The Bertz CT molecular complexity index is 787. The molecule has 0 spiro atoms. The maximum Gasteiger partial charge on any atom is 0.337 e. The Morgan fingerprint density at radius 1 is 1.04 bits per heavy atom. The summed E-state index contributed by atoms with van der Waals surface area (Å²) in [5.74, 6) is 0.551. The van der Waals surface area contributed by atoms with Gasteiger partial charge in [-0.3, -0.25) is 0 Å². The molecule has 3 rings (SSSR count). The quantitative estimate of drug-likeness (QED) is 0.798. The second kappa shape index (κ2) is 6.29. The van der Waals surface area contributed by atoms with Gasteiger partial charge in [0.1, 0.15) is 5.75 Å². The first-order valence-electron chi connectivity index (χ1n) is 7.71. The zero-order valence-electron chi connectivity index (χ0n) is 13.7. The van der Waals surface area contributed by atoms with Crippen LogP contribution < -0.4 is 4.74 Å². The Morgan fingerprint density at radius 2 is 1.87 bits per heavy atom. The number of carbonyl (C=O) groups is 1. The molecule has 0 atom stereocenters. The average molecular weight is 308 g/mol. The first-order chi connectivity index (χ1) is 11.1. The zero-order chi connectivity index (χ0) is 16.4. The summed E-state index contributed by atoms with van der Waals surface area (Å²) in [5.41, 5.74) is 6.49. The third-order valence-corrected chi connectivity index (χ3v) is 4.31. The molecule has 2 aromatic carbocycles. The molecule has 0 N–H and O–H groups in total. The molecule has 0 aliphatic heterocycles. The number of hydrogen-bond acceptors (Lipinski definition) is 3. The topological polar surface area (TPSA) is 35.5 Å². The van der Waals surface area contributed by atoms with Crippen LogP contribution in [0.1, 0.15) is 39.0 Å². The predicted molar refractivity (Wildman–Crippen MR) is 90.9 cm³/mol. The fraction of sp³-hybridized carbons (Fsp3) is 0.250. The Hall–Kier alpha value is -2.55. The van der Waals surface area contributed by atoms with Gasteiger partial charge in [-0.25, -0.2) is 4.79 Å². The standard InChI is InChI=1S/C20H20O3/c1-13-11-16(22-2)9-10-17(13)18-6-4-5-14-7-8-15(12-19(14)18)20(21)23-3/h6-12H,4-5H2,1-3H3. The van der Waals surface area contributed by atoms with Crippen LogP contribution in [0.2, 0.25) is 0 Å². The van der Waals surface area contributed by atoms with E-state index in [0.29, 0.717) is 5.56 Å². The molecule has 0 bridgehead atoms. The highest BCUT2D eigenvalue weighted by Gasteiger charge is 2.18. The van der Waals surface area contributed by atoms with Gasteiger partial charge in [-0.2, -0.15) is 0 Å². The van der Waals surface area contributed by atoms with Gasteiger partial charge in [-0.1, -0.05) is 18.2 Å². The van der Waals surface area contributed by atoms with Crippen LogP contribution in [-0.4, -0.2) is 20.2 Å². The van der Waals surface area contributed by atoms with E-state index < -0.39 is 0 Å². The van der Waals surface area contributed by atoms with Gasteiger partial charge in [0.05, 0.1) is 19.8 Å². The van der Waals surface area contributed by atoms with E-state index in [-0.39, 0.29) is 5.97 Å². The molecule has 0 heterocycles. The normalized spacial score (nSPS) is 13.1. The number of benzene rings is 2. The Balaban J connectivity index is 2.09. The molecule has 3 heteroatoms. The van der Waals surface area contributed by atoms with Crippen molar-refractivity contribution in [3.05, 3.63) is 70.3 Å². The van der Waals surface area contributed by atoms with Crippen molar-refractivity contribution in [2.24, 2.45) is 0 Å². The summed E-state index contributed by atoms with van der Waals surface area (Å²) in [7, 11) is 3.08. The minimum atomic E-state index is -0.302. The number of rotatable bonds is 3. The van der Waals surface area contributed by atoms with Gasteiger partial charge in [0, 0.05) is 0 Å². The van der Waals surface area contributed by atoms with Crippen LogP contribution >= 0.6 is 0 Å². The van der Waals surface area contributed by atoms with Gasteiger partial charge in [0.15, 0.2) is 0 Å². The summed E-state index contributed by atoms with van der Waals surface area (Å²) < 4.78 is 10.1. The van der Waals surface area contributed by atoms with E-state index in [1.54, 1.807) is 7.11 Å². The van der Waals surface area contributed by atoms with Crippen LogP contribution in [0.4, 0.5) is 0 Å². The Morgan fingerprint density at radius 3 is 2.57 bits per heavy atom. The first-order valence-corrected chi connectivity index (χ1v) is 7.71. The smallest absolute Gasteiger partial charge is 0.337 e. The molecule has 0 amide bonds. The van der Waals surface area contributed by atoms with Gasteiger partial charge in [-0.05, 0) is 71.9 Å². The second-order valence-corrected chi connectivity index (χ2v) is 5.70. The van der Waals surface area contributed by atoms with Crippen LogP contribution in [0.25, 0.3) is 5.57 Å². The number of ether oxygens (including phenoxy) is 2. The van der Waals surface area contributed by atoms with E-state index in [1.807, 2.05) is 30.3 Å². The highest BCUT2D eigenvalue weighted by atomic mass is 16.5. The van der Waals surface area contributed by atoms with Crippen molar-refractivity contribution in [2.75, 3.05) is 14.2 Å². The molecule has 0 fully saturated rings. The number of carbonyl (C=O) groups excluding carboxylic acids is 1. The van der Waals surface area contributed by atoms with Crippen LogP contribution in [0.5, 0.6) is 5.75 Å². The van der Waals surface area contributed by atoms with Crippen molar-refractivity contribution in [3.63, 3.8) is 0 Å². The highest BCUT2D eigenvalue weighted by molar-refractivity contribution is 5.93. The molecular weight excluding hydrogens is 288 g/mol. The number of hydrogen-bond donors (Lipinski definition) is 0. The van der Waals surface area contributed by atoms with Gasteiger partial charge in [0.2, 0.25) is 0 Å². The maximum atomic E-state index is 11.8. The lowest BCUT2D eigenvalue weighted by Gasteiger charge is -2.20. The number of esters is 1. The summed E-state index contributed by atoms with van der Waals surface area (Å²) in [6, 6.07) is 11.9. The van der Waals surface area contributed by atoms with Gasteiger partial charge in [0.25, 0.3) is 0 Å². The number of fused-ring (bicyclic) bond motifs is 1. The summed E-state index contributed by atoms with van der Waals surface area (Å²) in [4.78, 5) is 11.8. The third-order valence-electron chi connectivity index (χ3n) is 4.31. The molecule has 0 saturated heterocycles. The van der Waals surface area contributed by atoms with E-state index in [4.69, 9.17) is 9.47 Å². The molecule has 0 radical (unpaired) electrons.